The number of carbonyl (C=O) groups excluding carboxylic acids is 3. The highest BCUT2D eigenvalue weighted by molar-refractivity contribution is 9.10. The van der Waals surface area contributed by atoms with Crippen LogP contribution in [0.4, 0.5) is 5.69 Å². The van der Waals surface area contributed by atoms with E-state index in [0.29, 0.717) is 34.6 Å². The number of halogens is 1. The lowest BCUT2D eigenvalue weighted by Crippen LogP contribution is -2.30. The molecule has 5 rings (SSSR count). The number of rotatable bonds is 6. The first-order chi connectivity index (χ1) is 16.5. The van der Waals surface area contributed by atoms with Gasteiger partial charge in [-0.3, -0.25) is 14.4 Å². The van der Waals surface area contributed by atoms with Gasteiger partial charge in [-0.2, -0.15) is 0 Å². The minimum Gasteiger partial charge on any atom is -0.346 e. The Morgan fingerprint density at radius 1 is 0.912 bits per heavy atom. The Bertz CT molecular complexity index is 1380. The van der Waals surface area contributed by atoms with E-state index < -0.39 is 11.8 Å². The second-order valence-electron chi connectivity index (χ2n) is 7.76. The molecular formula is C25H18BrN5O3. The third-order valence-electron chi connectivity index (χ3n) is 5.43. The molecule has 3 aromatic carbocycles. The van der Waals surface area contributed by atoms with Gasteiger partial charge in [-0.25, -0.2) is 9.58 Å². The fraction of sp³-hybridized carbons (Fsp3) is 0.0800. The van der Waals surface area contributed by atoms with Crippen molar-refractivity contribution in [2.45, 2.75) is 13.1 Å². The predicted molar refractivity (Wildman–Crippen MR) is 128 cm³/mol. The quantitative estimate of drug-likeness (QED) is 0.393. The lowest BCUT2D eigenvalue weighted by molar-refractivity contribution is 0.0919. The van der Waals surface area contributed by atoms with Crippen LogP contribution < -0.4 is 10.2 Å². The van der Waals surface area contributed by atoms with Gasteiger partial charge in [0.25, 0.3) is 17.7 Å². The summed E-state index contributed by atoms with van der Waals surface area (Å²) < 4.78 is 2.71. The van der Waals surface area contributed by atoms with Gasteiger partial charge in [0, 0.05) is 10.0 Å². The molecule has 0 saturated heterocycles. The van der Waals surface area contributed by atoms with E-state index in [1.807, 2.05) is 24.3 Å². The number of anilines is 1. The maximum atomic E-state index is 12.7. The molecule has 34 heavy (non-hydrogen) atoms. The van der Waals surface area contributed by atoms with Crippen molar-refractivity contribution in [2.24, 2.45) is 0 Å². The molecule has 0 saturated carbocycles. The van der Waals surface area contributed by atoms with Gasteiger partial charge in [-0.05, 0) is 48.0 Å². The van der Waals surface area contributed by atoms with Crippen LogP contribution >= 0.6 is 15.9 Å². The molecule has 0 bridgehead atoms. The zero-order valence-corrected chi connectivity index (χ0v) is 19.4. The molecule has 0 radical (unpaired) electrons. The zero-order valence-electron chi connectivity index (χ0n) is 17.8. The summed E-state index contributed by atoms with van der Waals surface area (Å²) in [5.41, 5.74) is 3.08. The Hall–Kier alpha value is -4.11. The highest BCUT2D eigenvalue weighted by atomic mass is 79.9. The second-order valence-corrected chi connectivity index (χ2v) is 8.67. The Morgan fingerprint density at radius 2 is 1.62 bits per heavy atom. The standard InChI is InChI=1S/C25H18BrN5O3/c26-18-10-8-16(9-11-18)14-30-15-19(28-29-30)13-27-23(32)17-4-3-5-20(12-17)31-24(33)21-6-1-2-7-22(21)25(31)34/h1-12,15H,13-14H2,(H,27,32). The molecule has 0 spiro atoms. The average molecular weight is 516 g/mol. The van der Waals surface area contributed by atoms with Crippen molar-refractivity contribution in [3.05, 3.63) is 111 Å². The molecule has 0 atom stereocenters. The summed E-state index contributed by atoms with van der Waals surface area (Å²) in [6, 6.07) is 21.0. The van der Waals surface area contributed by atoms with Gasteiger partial charge in [0.2, 0.25) is 0 Å². The number of nitrogens with one attached hydrogen (secondary N) is 1. The van der Waals surface area contributed by atoms with Crippen molar-refractivity contribution in [1.29, 1.82) is 0 Å². The van der Waals surface area contributed by atoms with Crippen LogP contribution in [0.15, 0.2) is 83.5 Å². The van der Waals surface area contributed by atoms with Crippen molar-refractivity contribution in [2.75, 3.05) is 4.90 Å². The Morgan fingerprint density at radius 3 is 2.32 bits per heavy atom. The van der Waals surface area contributed by atoms with E-state index in [1.54, 1.807) is 53.3 Å². The van der Waals surface area contributed by atoms with Crippen LogP contribution in [-0.2, 0) is 13.1 Å². The number of amides is 3. The van der Waals surface area contributed by atoms with E-state index in [-0.39, 0.29) is 12.5 Å². The first-order valence-electron chi connectivity index (χ1n) is 10.5. The molecule has 168 valence electrons. The largest absolute Gasteiger partial charge is 0.346 e. The number of nitrogens with zero attached hydrogens (tertiary/aromatic N) is 4. The monoisotopic (exact) mass is 515 g/mol. The molecular weight excluding hydrogens is 498 g/mol. The average Bonchev–Trinajstić information content (AvgIpc) is 3.41. The Balaban J connectivity index is 1.25. The molecule has 9 heteroatoms. The summed E-state index contributed by atoms with van der Waals surface area (Å²) in [7, 11) is 0. The predicted octanol–water partition coefficient (Wildman–Crippen LogP) is 3.82. The van der Waals surface area contributed by atoms with E-state index in [9.17, 15) is 14.4 Å². The smallest absolute Gasteiger partial charge is 0.266 e. The van der Waals surface area contributed by atoms with E-state index in [1.165, 1.54) is 6.07 Å². The number of aromatic nitrogens is 3. The van der Waals surface area contributed by atoms with E-state index >= 15 is 0 Å². The fourth-order valence-electron chi connectivity index (χ4n) is 3.76. The number of carbonyl (C=O) groups is 3. The maximum absolute atomic E-state index is 12.7. The number of hydrogen-bond donors (Lipinski definition) is 1. The van der Waals surface area contributed by atoms with Gasteiger partial charge >= 0.3 is 0 Å². The Kier molecular flexibility index (Phi) is 5.77. The SMILES string of the molecule is O=C(NCc1cn(Cc2ccc(Br)cc2)nn1)c1cccc(N2C(=O)c3ccccc3C2=O)c1. The van der Waals surface area contributed by atoms with Crippen LogP contribution in [-0.4, -0.2) is 32.7 Å². The van der Waals surface area contributed by atoms with Crippen molar-refractivity contribution < 1.29 is 14.4 Å². The summed E-state index contributed by atoms with van der Waals surface area (Å²) in [5, 5.41) is 11.0. The molecule has 1 aliphatic heterocycles. The summed E-state index contributed by atoms with van der Waals surface area (Å²) in [6.07, 6.45) is 1.78. The van der Waals surface area contributed by atoms with Gasteiger partial charge in [-0.1, -0.05) is 51.5 Å². The lowest BCUT2D eigenvalue weighted by atomic mass is 10.1. The van der Waals surface area contributed by atoms with Gasteiger partial charge in [-0.15, -0.1) is 5.10 Å². The number of hydrogen-bond acceptors (Lipinski definition) is 5. The van der Waals surface area contributed by atoms with Gasteiger partial charge in [0.05, 0.1) is 36.1 Å². The van der Waals surface area contributed by atoms with Crippen molar-refractivity contribution in [1.82, 2.24) is 20.3 Å². The summed E-state index contributed by atoms with van der Waals surface area (Å²) >= 11 is 3.41. The number of benzene rings is 3. The second kappa shape index (κ2) is 9.03. The highest BCUT2D eigenvalue weighted by Crippen LogP contribution is 2.28. The maximum Gasteiger partial charge on any atom is 0.266 e. The van der Waals surface area contributed by atoms with E-state index in [4.69, 9.17) is 0 Å². The zero-order chi connectivity index (χ0) is 23.7. The van der Waals surface area contributed by atoms with Crippen LogP contribution in [0.3, 0.4) is 0 Å². The summed E-state index contributed by atoms with van der Waals surface area (Å²) in [5.74, 6) is -1.15. The first-order valence-corrected chi connectivity index (χ1v) is 11.3. The van der Waals surface area contributed by atoms with Crippen LogP contribution in [0, 0.1) is 0 Å². The number of fused-ring (bicyclic) bond motifs is 1. The van der Waals surface area contributed by atoms with Crippen molar-refractivity contribution in [3.8, 4) is 0 Å². The number of imide groups is 1. The molecule has 0 aliphatic carbocycles. The first kappa shape index (κ1) is 21.7. The Labute approximate surface area is 203 Å². The van der Waals surface area contributed by atoms with Gasteiger partial charge in [0.15, 0.2) is 0 Å². The molecule has 2 heterocycles. The molecule has 1 aliphatic rings. The van der Waals surface area contributed by atoms with Crippen molar-refractivity contribution >= 4 is 39.3 Å². The molecule has 4 aromatic rings. The fourth-order valence-corrected chi connectivity index (χ4v) is 4.02. The lowest BCUT2D eigenvalue weighted by Gasteiger charge is -2.15. The molecule has 1 N–H and O–H groups in total. The van der Waals surface area contributed by atoms with E-state index in [2.05, 4.69) is 31.6 Å². The third kappa shape index (κ3) is 4.25. The molecule has 0 fully saturated rings. The van der Waals surface area contributed by atoms with Crippen molar-refractivity contribution in [3.63, 3.8) is 0 Å². The molecule has 1 aromatic heterocycles. The van der Waals surface area contributed by atoms with E-state index in [0.717, 1.165) is 14.9 Å². The van der Waals surface area contributed by atoms with Crippen LogP contribution in [0.5, 0.6) is 0 Å². The molecule has 8 nitrogen and oxygen atoms in total. The van der Waals surface area contributed by atoms with Crippen LogP contribution in [0.2, 0.25) is 0 Å². The van der Waals surface area contributed by atoms with Crippen LogP contribution in [0.1, 0.15) is 42.3 Å². The van der Waals surface area contributed by atoms with Gasteiger partial charge in [0.1, 0.15) is 5.69 Å². The minimum atomic E-state index is -0.402. The minimum absolute atomic E-state index is 0.191. The highest BCUT2D eigenvalue weighted by Gasteiger charge is 2.36. The molecule has 0 unspecified atom stereocenters. The summed E-state index contributed by atoms with van der Waals surface area (Å²) in [6.45, 7) is 0.757. The molecule has 3 amide bonds. The van der Waals surface area contributed by atoms with Gasteiger partial charge < -0.3 is 5.32 Å². The summed E-state index contributed by atoms with van der Waals surface area (Å²) in [4.78, 5) is 39.3. The third-order valence-corrected chi connectivity index (χ3v) is 5.96. The normalized spacial score (nSPS) is 12.7. The van der Waals surface area contributed by atoms with Crippen LogP contribution in [0.25, 0.3) is 0 Å². The topological polar surface area (TPSA) is 97.2 Å².